The molecule has 242 valence electrons. The molecule has 0 aliphatic heterocycles. The van der Waals surface area contributed by atoms with Gasteiger partial charge in [-0.2, -0.15) is 0 Å². The van der Waals surface area contributed by atoms with Gasteiger partial charge in [0.15, 0.2) is 0 Å². The summed E-state index contributed by atoms with van der Waals surface area (Å²) in [4.78, 5) is 0. The molecule has 2 heteroatoms. The highest BCUT2D eigenvalue weighted by Crippen LogP contribution is 2.15. The Morgan fingerprint density at radius 1 is 0.415 bits per heavy atom. The molecule has 1 heterocycles. The fraction of sp³-hybridized carbons (Fsp3) is 0.923. The molecule has 1 rings (SSSR count). The van der Waals surface area contributed by atoms with Crippen LogP contribution in [0.5, 0.6) is 0 Å². The van der Waals surface area contributed by atoms with Crippen molar-refractivity contribution in [2.24, 2.45) is 0 Å². The van der Waals surface area contributed by atoms with Gasteiger partial charge in [0.05, 0.1) is 13.1 Å². The summed E-state index contributed by atoms with van der Waals surface area (Å²) in [6.07, 6.45) is 48.9. The number of imidazole rings is 1. The Labute approximate surface area is 259 Å². The Balaban J connectivity index is 2.23. The highest BCUT2D eigenvalue weighted by Gasteiger charge is 2.16. The molecule has 0 radical (unpaired) electrons. The average Bonchev–Trinajstić information content (AvgIpc) is 3.37. The second-order valence-corrected chi connectivity index (χ2v) is 13.4. The number of rotatable bonds is 33. The lowest BCUT2D eigenvalue weighted by Gasteiger charge is -2.07. The average molecular weight is 574 g/mol. The zero-order valence-corrected chi connectivity index (χ0v) is 28.9. The first-order chi connectivity index (χ1) is 20.3. The maximum atomic E-state index is 2.63. The first-order valence-corrected chi connectivity index (χ1v) is 19.4. The van der Waals surface area contributed by atoms with Gasteiger partial charge in [-0.15, -0.1) is 0 Å². The summed E-state index contributed by atoms with van der Waals surface area (Å²) < 4.78 is 5.24. The lowest BCUT2D eigenvalue weighted by Crippen LogP contribution is -2.37. The second kappa shape index (κ2) is 30.7. The van der Waals surface area contributed by atoms with Crippen molar-refractivity contribution in [1.82, 2.24) is 4.57 Å². The zero-order valence-electron chi connectivity index (χ0n) is 28.9. The minimum atomic E-state index is 1.23. The molecule has 0 unspecified atom stereocenters. The van der Waals surface area contributed by atoms with Crippen LogP contribution in [0.3, 0.4) is 0 Å². The van der Waals surface area contributed by atoms with E-state index in [0.29, 0.717) is 0 Å². The maximum Gasteiger partial charge on any atom is 0.256 e. The molecule has 0 saturated heterocycles. The summed E-state index contributed by atoms with van der Waals surface area (Å²) in [5.41, 5.74) is 0. The van der Waals surface area contributed by atoms with E-state index in [-0.39, 0.29) is 0 Å². The molecule has 1 aromatic heterocycles. The zero-order chi connectivity index (χ0) is 29.5. The number of aromatic nitrogens is 2. The Morgan fingerprint density at radius 2 is 0.756 bits per heavy atom. The van der Waals surface area contributed by atoms with Crippen molar-refractivity contribution < 1.29 is 4.57 Å². The minimum absolute atomic E-state index is 1.23. The lowest BCUT2D eigenvalue weighted by molar-refractivity contribution is -0.704. The van der Waals surface area contributed by atoms with Crippen LogP contribution in [0.15, 0.2) is 12.4 Å². The van der Waals surface area contributed by atoms with Crippen molar-refractivity contribution in [3.05, 3.63) is 18.2 Å². The Kier molecular flexibility index (Phi) is 28.6. The van der Waals surface area contributed by atoms with Crippen molar-refractivity contribution in [3.63, 3.8) is 0 Å². The van der Waals surface area contributed by atoms with Crippen LogP contribution in [-0.4, -0.2) is 4.57 Å². The molecule has 1 aromatic rings. The normalized spacial score (nSPS) is 11.6. The van der Waals surface area contributed by atoms with E-state index in [1.54, 1.807) is 5.82 Å². The van der Waals surface area contributed by atoms with Gasteiger partial charge < -0.3 is 0 Å². The maximum absolute atomic E-state index is 2.63. The van der Waals surface area contributed by atoms with Crippen LogP contribution in [-0.2, 0) is 19.5 Å². The molecule has 0 aliphatic carbocycles. The molecule has 2 nitrogen and oxygen atoms in total. The molecule has 0 aliphatic rings. The van der Waals surface area contributed by atoms with E-state index < -0.39 is 0 Å². The monoisotopic (exact) mass is 574 g/mol. The summed E-state index contributed by atoms with van der Waals surface area (Å²) in [6, 6.07) is 0. The van der Waals surface area contributed by atoms with Gasteiger partial charge in [0.2, 0.25) is 0 Å². The van der Waals surface area contributed by atoms with Gasteiger partial charge in [-0.25, -0.2) is 9.13 Å². The van der Waals surface area contributed by atoms with Crippen molar-refractivity contribution in [3.8, 4) is 0 Å². The summed E-state index contributed by atoms with van der Waals surface area (Å²) in [7, 11) is 0. The van der Waals surface area contributed by atoms with E-state index in [2.05, 4.69) is 42.3 Å². The largest absolute Gasteiger partial charge is 0.256 e. The van der Waals surface area contributed by atoms with Gasteiger partial charge >= 0.3 is 0 Å². The predicted octanol–water partition coefficient (Wildman–Crippen LogP) is 13.1. The molecule has 0 N–H and O–H groups in total. The van der Waals surface area contributed by atoms with E-state index >= 15 is 0 Å². The van der Waals surface area contributed by atoms with Crippen molar-refractivity contribution in [2.45, 2.75) is 233 Å². The van der Waals surface area contributed by atoms with Crippen LogP contribution >= 0.6 is 0 Å². The fourth-order valence-corrected chi connectivity index (χ4v) is 6.50. The summed E-state index contributed by atoms with van der Waals surface area (Å²) >= 11 is 0. The predicted molar refractivity (Wildman–Crippen MR) is 184 cm³/mol. The summed E-state index contributed by atoms with van der Waals surface area (Å²) in [5, 5.41) is 0. The van der Waals surface area contributed by atoms with Crippen LogP contribution in [0.4, 0.5) is 0 Å². The number of nitrogens with zero attached hydrogens (tertiary/aromatic N) is 2. The molecule has 0 spiro atoms. The number of unbranched alkanes of at least 4 members (excludes halogenated alkanes) is 27. The van der Waals surface area contributed by atoms with Crippen LogP contribution in [0.1, 0.15) is 219 Å². The van der Waals surface area contributed by atoms with E-state index in [1.807, 2.05) is 0 Å². The molecule has 41 heavy (non-hydrogen) atoms. The smallest absolute Gasteiger partial charge is 0.234 e. The first kappa shape index (κ1) is 38.2. The van der Waals surface area contributed by atoms with Gasteiger partial charge in [-0.05, 0) is 32.1 Å². The molecule has 0 saturated carbocycles. The Bertz CT molecular complexity index is 634. The van der Waals surface area contributed by atoms with Crippen molar-refractivity contribution in [1.29, 1.82) is 0 Å². The number of hydrogen-bond donors (Lipinski definition) is 0. The standard InChI is InChI=1S/C39H77N2/c1-4-7-10-13-15-17-19-20-21-22-24-26-28-31-34-39-40(35-32-29-12-9-6-3)37-38-41(39)36-33-30-27-25-23-18-16-14-11-8-5-2/h37-38H,4-36H2,1-3H3/q+1. The third-order valence-corrected chi connectivity index (χ3v) is 9.35. The Morgan fingerprint density at radius 3 is 1.17 bits per heavy atom. The Hall–Kier alpha value is -0.790. The van der Waals surface area contributed by atoms with Gasteiger partial charge in [0, 0.05) is 6.42 Å². The first-order valence-electron chi connectivity index (χ1n) is 19.4. The number of hydrogen-bond acceptors (Lipinski definition) is 0. The van der Waals surface area contributed by atoms with Gasteiger partial charge in [0.1, 0.15) is 12.4 Å². The van der Waals surface area contributed by atoms with E-state index in [1.165, 1.54) is 212 Å². The lowest BCUT2D eigenvalue weighted by atomic mass is 10.0. The highest BCUT2D eigenvalue weighted by atomic mass is 15.1. The molecule has 0 atom stereocenters. The van der Waals surface area contributed by atoms with Crippen LogP contribution in [0, 0.1) is 0 Å². The molecule has 0 fully saturated rings. The van der Waals surface area contributed by atoms with Crippen LogP contribution in [0.25, 0.3) is 0 Å². The highest BCUT2D eigenvalue weighted by molar-refractivity contribution is 4.84. The number of aryl methyl sites for hydroxylation is 2. The van der Waals surface area contributed by atoms with Gasteiger partial charge in [-0.3, -0.25) is 0 Å². The molecule has 0 amide bonds. The molecule has 0 aromatic carbocycles. The topological polar surface area (TPSA) is 8.81 Å². The summed E-state index contributed by atoms with van der Waals surface area (Å²) in [6.45, 7) is 9.39. The van der Waals surface area contributed by atoms with E-state index in [4.69, 9.17) is 0 Å². The SMILES string of the molecule is CCCCCCCCCCCCCCCCc1n(CCCCCCCCCCCCC)cc[n+]1CCCCCCC. The summed E-state index contributed by atoms with van der Waals surface area (Å²) in [5.74, 6) is 1.62. The third-order valence-electron chi connectivity index (χ3n) is 9.35. The fourth-order valence-electron chi connectivity index (χ4n) is 6.50. The quantitative estimate of drug-likeness (QED) is 0.0584. The van der Waals surface area contributed by atoms with Gasteiger partial charge in [0.25, 0.3) is 5.82 Å². The van der Waals surface area contributed by atoms with Gasteiger partial charge in [-0.1, -0.05) is 181 Å². The third kappa shape index (κ3) is 23.4. The van der Waals surface area contributed by atoms with Crippen molar-refractivity contribution in [2.75, 3.05) is 0 Å². The molecular formula is C39H77N2+. The molecular weight excluding hydrogens is 496 g/mol. The van der Waals surface area contributed by atoms with Crippen molar-refractivity contribution >= 4 is 0 Å². The van der Waals surface area contributed by atoms with E-state index in [9.17, 15) is 0 Å². The van der Waals surface area contributed by atoms with Crippen LogP contribution < -0.4 is 4.57 Å². The minimum Gasteiger partial charge on any atom is -0.234 e. The van der Waals surface area contributed by atoms with Crippen LogP contribution in [0.2, 0.25) is 0 Å². The van der Waals surface area contributed by atoms with E-state index in [0.717, 1.165) is 0 Å². The molecule has 0 bridgehead atoms. The second-order valence-electron chi connectivity index (χ2n) is 13.4.